The standard InChI is InChI=1S/2Mg.2H4O4Si.HO4Si.H2O/c;;3*1-5(2,3)4;/h;;2*1-4H;1H;1H2/q2*+2;;;-3;/p-1. The smallest absolute Gasteiger partial charge is 0.870 e. The Kier molecular flexibility index (Phi) is 30.7. The minimum atomic E-state index is -5.36. The minimum absolute atomic E-state index is 0. The van der Waals surface area contributed by atoms with E-state index in [2.05, 4.69) is 0 Å². The summed E-state index contributed by atoms with van der Waals surface area (Å²) < 4.78 is 0. The van der Waals surface area contributed by atoms with Crippen LogP contribution in [0.5, 0.6) is 0 Å². The summed E-state index contributed by atoms with van der Waals surface area (Å²) in [4.78, 5) is 91.7. The van der Waals surface area contributed by atoms with E-state index in [9.17, 15) is 0 Å². The van der Waals surface area contributed by atoms with Crippen molar-refractivity contribution in [1.29, 1.82) is 0 Å². The van der Waals surface area contributed by atoms with Crippen LogP contribution in [0.1, 0.15) is 0 Å². The molecular weight excluding hydrogens is 341 g/mol. The zero-order chi connectivity index (χ0) is 13.5. The predicted octanol–water partition coefficient (Wildman–Crippen LogP) is -10.7. The Balaban J connectivity index is -0.0000000277. The molecule has 0 amide bonds. The van der Waals surface area contributed by atoms with Gasteiger partial charge in [0.15, 0.2) is 0 Å². The first-order valence-electron chi connectivity index (χ1n) is 2.62. The zero-order valence-corrected chi connectivity index (χ0v) is 14.4. The summed E-state index contributed by atoms with van der Waals surface area (Å²) in [6.45, 7) is 0. The van der Waals surface area contributed by atoms with Crippen LogP contribution in [0.3, 0.4) is 0 Å². The monoisotopic (exact) mass is 350 g/mol. The third kappa shape index (κ3) is 1770. The van der Waals surface area contributed by atoms with Gasteiger partial charge in [0, 0.05) is 0 Å². The quantitative estimate of drug-likeness (QED) is 0.183. The first-order chi connectivity index (χ1) is 6.00. The van der Waals surface area contributed by atoms with E-state index >= 15 is 0 Å². The maximum Gasteiger partial charge on any atom is 2.00 e. The molecule has 0 aromatic heterocycles. The van der Waals surface area contributed by atoms with Gasteiger partial charge < -0.3 is 63.0 Å². The maximum absolute atomic E-state index is 8.69. The summed E-state index contributed by atoms with van der Waals surface area (Å²) in [6, 6.07) is 0. The van der Waals surface area contributed by atoms with E-state index in [1.807, 2.05) is 0 Å². The molecule has 0 saturated carbocycles. The molecule has 0 atom stereocenters. The van der Waals surface area contributed by atoms with Crippen LogP contribution < -0.4 is 14.4 Å². The summed E-state index contributed by atoms with van der Waals surface area (Å²) in [5.41, 5.74) is 0. The van der Waals surface area contributed by atoms with Crippen LogP contribution in [0, 0.1) is 0 Å². The molecule has 0 radical (unpaired) electrons. The summed E-state index contributed by atoms with van der Waals surface area (Å²) in [5.74, 6) is 0. The topological polar surface area (TPSA) is 281 Å². The molecule has 104 valence electrons. The third-order valence-corrected chi connectivity index (χ3v) is 0. The van der Waals surface area contributed by atoms with E-state index in [0.29, 0.717) is 0 Å². The molecule has 0 unspecified atom stereocenters. The van der Waals surface area contributed by atoms with Gasteiger partial charge >= 0.3 is 64.2 Å². The van der Waals surface area contributed by atoms with Gasteiger partial charge in [-0.1, -0.05) is 0 Å². The van der Waals surface area contributed by atoms with Gasteiger partial charge in [0.25, 0.3) is 0 Å². The normalized spacial score (nSPS) is 10.0. The molecule has 0 rings (SSSR count). The Labute approximate surface area is 136 Å². The number of hydrogen-bond donors (Lipinski definition) is 9. The van der Waals surface area contributed by atoms with E-state index in [4.69, 9.17) is 57.5 Å². The summed E-state index contributed by atoms with van der Waals surface area (Å²) in [5, 5.41) is 0. The Hall–Kier alpha value is 1.66. The van der Waals surface area contributed by atoms with Gasteiger partial charge in [-0.2, -0.15) is 0 Å². The van der Waals surface area contributed by atoms with E-state index in [0.717, 1.165) is 0 Å². The van der Waals surface area contributed by atoms with Crippen molar-refractivity contribution < 1.29 is 63.0 Å². The molecule has 0 aromatic carbocycles. The van der Waals surface area contributed by atoms with Crippen molar-refractivity contribution in [3.63, 3.8) is 0 Å². The van der Waals surface area contributed by atoms with Crippen LogP contribution in [-0.4, -0.2) is 122 Å². The molecule has 0 aromatic rings. The second kappa shape index (κ2) is 15.1. The molecule has 18 heteroatoms. The molecule has 0 bridgehead atoms. The van der Waals surface area contributed by atoms with Crippen molar-refractivity contribution in [2.45, 2.75) is 0 Å². The van der Waals surface area contributed by atoms with Gasteiger partial charge in [0.1, 0.15) is 0 Å². The second-order valence-corrected chi connectivity index (χ2v) is 5.17. The average Bonchev–Trinajstić information content (AvgIpc) is 1.41. The van der Waals surface area contributed by atoms with Crippen molar-refractivity contribution >= 4 is 73.2 Å². The van der Waals surface area contributed by atoms with Gasteiger partial charge in [0.2, 0.25) is 0 Å². The zero-order valence-electron chi connectivity index (χ0n) is 8.61. The fraction of sp³-hybridized carbons (Fsp3) is 0. The molecule has 0 aliphatic rings. The minimum Gasteiger partial charge on any atom is -0.870 e. The van der Waals surface area contributed by atoms with Crippen LogP contribution >= 0.6 is 0 Å². The molecule has 0 spiro atoms. The first kappa shape index (κ1) is 36.7. The molecule has 0 aliphatic heterocycles. The molecular formula is H10Mg2O13Si3. The molecule has 0 heterocycles. The van der Waals surface area contributed by atoms with Crippen molar-refractivity contribution in [2.75, 3.05) is 0 Å². The summed E-state index contributed by atoms with van der Waals surface area (Å²) in [7, 11) is -14.6. The number of hydrogen-bond acceptors (Lipinski definition) is 13. The van der Waals surface area contributed by atoms with Gasteiger partial charge in [-0.3, -0.25) is 0 Å². The molecule has 13 nitrogen and oxygen atoms in total. The van der Waals surface area contributed by atoms with E-state index in [1.54, 1.807) is 0 Å². The first-order valence-corrected chi connectivity index (χ1v) is 7.87. The van der Waals surface area contributed by atoms with E-state index < -0.39 is 27.1 Å². The molecule has 0 fully saturated rings. The van der Waals surface area contributed by atoms with E-state index in [1.165, 1.54) is 0 Å². The SMILES string of the molecule is O[Si](O)(O)O.O[Si](O)(O)O.[Mg+2].[Mg+2].[O-][Si]([O-])([O-])O.[OH-]. The summed E-state index contributed by atoms with van der Waals surface area (Å²) >= 11 is 0. The fourth-order valence-corrected chi connectivity index (χ4v) is 0. The van der Waals surface area contributed by atoms with Crippen LogP contribution in [0.4, 0.5) is 0 Å². The Morgan fingerprint density at radius 3 is 0.500 bits per heavy atom. The molecule has 0 aliphatic carbocycles. The van der Waals surface area contributed by atoms with Gasteiger partial charge in [-0.15, -0.1) is 9.05 Å². The van der Waals surface area contributed by atoms with Gasteiger partial charge in [0.05, 0.1) is 0 Å². The van der Waals surface area contributed by atoms with Crippen molar-refractivity contribution in [1.82, 2.24) is 0 Å². The van der Waals surface area contributed by atoms with Crippen molar-refractivity contribution in [3.8, 4) is 0 Å². The van der Waals surface area contributed by atoms with Crippen LogP contribution in [0.15, 0.2) is 0 Å². The van der Waals surface area contributed by atoms with Gasteiger partial charge in [-0.25, -0.2) is 0 Å². The van der Waals surface area contributed by atoms with Crippen LogP contribution in [0.25, 0.3) is 0 Å². The molecule has 10 N–H and O–H groups in total. The number of rotatable bonds is 0. The van der Waals surface area contributed by atoms with Crippen LogP contribution in [0.2, 0.25) is 0 Å². The summed E-state index contributed by atoms with van der Waals surface area (Å²) in [6.07, 6.45) is 0. The third-order valence-electron chi connectivity index (χ3n) is 0. The molecule has 0 saturated heterocycles. The fourth-order valence-electron chi connectivity index (χ4n) is 0. The Morgan fingerprint density at radius 1 is 0.500 bits per heavy atom. The molecule has 18 heavy (non-hydrogen) atoms. The van der Waals surface area contributed by atoms with Crippen molar-refractivity contribution in [3.05, 3.63) is 0 Å². The largest absolute Gasteiger partial charge is 2.00 e. The van der Waals surface area contributed by atoms with E-state index in [-0.39, 0.29) is 51.6 Å². The second-order valence-electron chi connectivity index (χ2n) is 1.72. The Morgan fingerprint density at radius 2 is 0.500 bits per heavy atom. The predicted molar refractivity (Wildman–Crippen MR) is 50.7 cm³/mol. The average molecular weight is 351 g/mol. The maximum atomic E-state index is 8.69. The Bertz CT molecular complexity index is 95.3. The van der Waals surface area contributed by atoms with Crippen molar-refractivity contribution in [2.24, 2.45) is 0 Å². The van der Waals surface area contributed by atoms with Crippen LogP contribution in [-0.2, 0) is 0 Å². The van der Waals surface area contributed by atoms with Gasteiger partial charge in [-0.05, 0) is 0 Å².